The molecule has 1 fully saturated rings. The molecule has 1 aliphatic rings. The quantitative estimate of drug-likeness (QED) is 0.236. The second kappa shape index (κ2) is 12.6. The second-order valence-corrected chi connectivity index (χ2v) is 11.2. The highest BCUT2D eigenvalue weighted by Crippen LogP contribution is 2.47. The standard InChI is InChI=1S/C31H34N6O6/c1-19(2)24(25(39)27-35-36-29(43-27)31(3)14-15-31)34-23(38)17-37-26(21-12-8-5-9-13-21)32-16-22(28(37)40)33-30(41)42-18-20-10-6-4-7-11-20/h4-13,16,19,24-25,39H,14-15,17-18H2,1-3H3,(H,33,41)(H,34,38)/t24-,25?/m0/s1. The van der Waals surface area contributed by atoms with Crippen LogP contribution >= 0.6 is 0 Å². The summed E-state index contributed by atoms with van der Waals surface area (Å²) in [7, 11) is 0. The van der Waals surface area contributed by atoms with Crippen molar-refractivity contribution in [1.82, 2.24) is 25.1 Å². The second-order valence-electron chi connectivity index (χ2n) is 11.2. The number of aliphatic hydroxyl groups excluding tert-OH is 1. The number of amides is 2. The van der Waals surface area contributed by atoms with E-state index in [1.54, 1.807) is 36.4 Å². The van der Waals surface area contributed by atoms with Gasteiger partial charge in [-0.3, -0.25) is 19.5 Å². The normalized spacial score (nSPS) is 15.0. The Morgan fingerprint density at radius 3 is 2.40 bits per heavy atom. The van der Waals surface area contributed by atoms with Crippen molar-refractivity contribution in [3.05, 3.63) is 94.6 Å². The van der Waals surface area contributed by atoms with Crippen LogP contribution in [0.4, 0.5) is 10.5 Å². The highest BCUT2D eigenvalue weighted by Gasteiger charge is 2.45. The van der Waals surface area contributed by atoms with Gasteiger partial charge in [0.1, 0.15) is 24.7 Å². The van der Waals surface area contributed by atoms with Gasteiger partial charge < -0.3 is 19.6 Å². The lowest BCUT2D eigenvalue weighted by Crippen LogP contribution is -2.45. The van der Waals surface area contributed by atoms with Crippen LogP contribution < -0.4 is 16.2 Å². The van der Waals surface area contributed by atoms with E-state index in [1.807, 2.05) is 45.0 Å². The van der Waals surface area contributed by atoms with Crippen LogP contribution in [-0.4, -0.2) is 42.9 Å². The molecule has 2 amide bonds. The van der Waals surface area contributed by atoms with Crippen LogP contribution in [0.1, 0.15) is 57.1 Å². The molecule has 0 bridgehead atoms. The summed E-state index contributed by atoms with van der Waals surface area (Å²) in [5.41, 5.74) is 0.401. The molecule has 0 radical (unpaired) electrons. The van der Waals surface area contributed by atoms with E-state index in [0.717, 1.165) is 18.4 Å². The van der Waals surface area contributed by atoms with E-state index in [4.69, 9.17) is 9.15 Å². The first-order valence-corrected chi connectivity index (χ1v) is 14.1. The summed E-state index contributed by atoms with van der Waals surface area (Å²) in [5, 5.41) is 24.4. The minimum Gasteiger partial charge on any atom is -0.444 e. The summed E-state index contributed by atoms with van der Waals surface area (Å²) in [6.45, 7) is 5.26. The zero-order chi connectivity index (χ0) is 30.6. The van der Waals surface area contributed by atoms with E-state index in [0.29, 0.717) is 11.5 Å². The minimum atomic E-state index is -1.26. The summed E-state index contributed by atoms with van der Waals surface area (Å²) >= 11 is 0. The molecule has 2 aromatic heterocycles. The molecule has 2 heterocycles. The first-order valence-electron chi connectivity index (χ1n) is 14.1. The Balaban J connectivity index is 1.35. The van der Waals surface area contributed by atoms with Crippen LogP contribution in [-0.2, 0) is 28.1 Å². The molecule has 2 atom stereocenters. The van der Waals surface area contributed by atoms with Crippen molar-refractivity contribution in [3.63, 3.8) is 0 Å². The van der Waals surface area contributed by atoms with Crippen LogP contribution in [0.3, 0.4) is 0 Å². The number of nitrogens with zero attached hydrogens (tertiary/aromatic N) is 4. The third-order valence-electron chi connectivity index (χ3n) is 7.43. The molecule has 1 unspecified atom stereocenters. The lowest BCUT2D eigenvalue weighted by molar-refractivity contribution is -0.124. The first kappa shape index (κ1) is 29.6. The van der Waals surface area contributed by atoms with Gasteiger partial charge in [-0.1, -0.05) is 81.4 Å². The number of aliphatic hydroxyl groups is 1. The lowest BCUT2D eigenvalue weighted by atomic mass is 9.98. The molecule has 5 rings (SSSR count). The number of hydrogen-bond donors (Lipinski definition) is 3. The van der Waals surface area contributed by atoms with Crippen molar-refractivity contribution >= 4 is 17.7 Å². The number of carbonyl (C=O) groups is 2. The zero-order valence-corrected chi connectivity index (χ0v) is 24.2. The van der Waals surface area contributed by atoms with Crippen molar-refractivity contribution in [2.75, 3.05) is 5.32 Å². The van der Waals surface area contributed by atoms with Gasteiger partial charge in [-0.05, 0) is 24.3 Å². The molecule has 12 nitrogen and oxygen atoms in total. The average Bonchev–Trinajstić information content (AvgIpc) is 3.55. The van der Waals surface area contributed by atoms with E-state index in [-0.39, 0.29) is 35.3 Å². The number of rotatable bonds is 11. The van der Waals surface area contributed by atoms with Gasteiger partial charge >= 0.3 is 6.09 Å². The lowest BCUT2D eigenvalue weighted by Gasteiger charge is -2.26. The molecule has 4 aromatic rings. The fraction of sp³-hybridized carbons (Fsp3) is 0.355. The topological polar surface area (TPSA) is 161 Å². The SMILES string of the molecule is CC(C)[C@H](NC(=O)Cn1c(-c2ccccc2)ncc(NC(=O)OCc2ccccc2)c1=O)C(O)c1nnc(C2(C)CC2)o1. The van der Waals surface area contributed by atoms with Gasteiger partial charge in [0.25, 0.3) is 5.56 Å². The summed E-state index contributed by atoms with van der Waals surface area (Å²) in [6, 6.07) is 17.2. The first-order chi connectivity index (χ1) is 20.6. The Bertz CT molecular complexity index is 1630. The number of benzene rings is 2. The van der Waals surface area contributed by atoms with Gasteiger partial charge in [-0.25, -0.2) is 9.78 Å². The van der Waals surface area contributed by atoms with Gasteiger partial charge in [0, 0.05) is 11.0 Å². The zero-order valence-electron chi connectivity index (χ0n) is 24.2. The van der Waals surface area contributed by atoms with E-state index in [2.05, 4.69) is 25.8 Å². The monoisotopic (exact) mass is 586 g/mol. The Hall–Kier alpha value is -4.84. The van der Waals surface area contributed by atoms with E-state index in [9.17, 15) is 19.5 Å². The Labute approximate surface area is 248 Å². The van der Waals surface area contributed by atoms with Crippen molar-refractivity contribution < 1.29 is 23.8 Å². The number of hydrogen-bond acceptors (Lipinski definition) is 9. The Kier molecular flexibility index (Phi) is 8.67. The third kappa shape index (κ3) is 6.97. The average molecular weight is 587 g/mol. The van der Waals surface area contributed by atoms with Crippen LogP contribution in [0.25, 0.3) is 11.4 Å². The highest BCUT2D eigenvalue weighted by molar-refractivity contribution is 5.84. The van der Waals surface area contributed by atoms with Gasteiger partial charge in [-0.15, -0.1) is 10.2 Å². The van der Waals surface area contributed by atoms with Gasteiger partial charge in [0.15, 0.2) is 6.10 Å². The van der Waals surface area contributed by atoms with Crippen molar-refractivity contribution in [2.24, 2.45) is 5.92 Å². The fourth-order valence-corrected chi connectivity index (χ4v) is 4.55. The molecule has 0 spiro atoms. The minimum absolute atomic E-state index is 0.0124. The summed E-state index contributed by atoms with van der Waals surface area (Å²) in [5.74, 6) is -0.0683. The molecule has 224 valence electrons. The molecule has 1 saturated carbocycles. The van der Waals surface area contributed by atoms with Gasteiger partial charge in [0.05, 0.1) is 12.2 Å². The van der Waals surface area contributed by atoms with E-state index in [1.165, 1.54) is 10.8 Å². The van der Waals surface area contributed by atoms with Crippen LogP contribution in [0.2, 0.25) is 0 Å². The predicted molar refractivity (Wildman–Crippen MR) is 157 cm³/mol. The molecule has 43 heavy (non-hydrogen) atoms. The maximum atomic E-state index is 13.6. The number of anilines is 1. The Morgan fingerprint density at radius 2 is 1.74 bits per heavy atom. The molecule has 0 saturated heterocycles. The molecule has 0 aliphatic heterocycles. The molecule has 3 N–H and O–H groups in total. The largest absolute Gasteiger partial charge is 0.444 e. The van der Waals surface area contributed by atoms with Crippen molar-refractivity contribution in [1.29, 1.82) is 0 Å². The number of aromatic nitrogens is 4. The van der Waals surface area contributed by atoms with Gasteiger partial charge in [0.2, 0.25) is 17.7 Å². The van der Waals surface area contributed by atoms with Crippen LogP contribution in [0.15, 0.2) is 76.1 Å². The van der Waals surface area contributed by atoms with Crippen LogP contribution in [0.5, 0.6) is 0 Å². The number of carbonyl (C=O) groups excluding carboxylic acids is 2. The maximum absolute atomic E-state index is 13.6. The molecular weight excluding hydrogens is 552 g/mol. The van der Waals surface area contributed by atoms with Crippen LogP contribution in [0, 0.1) is 5.92 Å². The predicted octanol–water partition coefficient (Wildman–Crippen LogP) is 3.97. The fourth-order valence-electron chi connectivity index (χ4n) is 4.55. The summed E-state index contributed by atoms with van der Waals surface area (Å²) < 4.78 is 12.2. The number of ether oxygens (including phenoxy) is 1. The number of nitrogens with one attached hydrogen (secondary N) is 2. The maximum Gasteiger partial charge on any atom is 0.412 e. The van der Waals surface area contributed by atoms with Gasteiger partial charge in [-0.2, -0.15) is 0 Å². The van der Waals surface area contributed by atoms with E-state index >= 15 is 0 Å². The molecule has 1 aliphatic carbocycles. The van der Waals surface area contributed by atoms with Crippen molar-refractivity contribution in [3.8, 4) is 11.4 Å². The third-order valence-corrected chi connectivity index (χ3v) is 7.43. The molecular formula is C31H34N6O6. The summed E-state index contributed by atoms with van der Waals surface area (Å²) in [4.78, 5) is 43.8. The smallest absolute Gasteiger partial charge is 0.412 e. The highest BCUT2D eigenvalue weighted by atomic mass is 16.5. The van der Waals surface area contributed by atoms with Crippen molar-refractivity contribution in [2.45, 2.75) is 64.3 Å². The molecule has 2 aromatic carbocycles. The Morgan fingerprint density at radius 1 is 1.07 bits per heavy atom. The molecule has 12 heteroatoms. The van der Waals surface area contributed by atoms with E-state index < -0.39 is 36.3 Å². The summed E-state index contributed by atoms with van der Waals surface area (Å²) in [6.07, 6.45) is 0.994.